The first-order valence-corrected chi connectivity index (χ1v) is 11.0. The average Bonchev–Trinajstić information content (AvgIpc) is 3.40. The van der Waals surface area contributed by atoms with E-state index < -0.39 is 5.97 Å². The van der Waals surface area contributed by atoms with Crippen LogP contribution in [0, 0.1) is 6.92 Å². The number of amides is 3. The molecule has 3 heterocycles. The number of nitrogens with zero attached hydrogens (tertiary/aromatic N) is 5. The molecule has 2 aliphatic heterocycles. The summed E-state index contributed by atoms with van der Waals surface area (Å²) in [6.07, 6.45) is 7.61. The highest BCUT2D eigenvalue weighted by molar-refractivity contribution is 5.97. The number of nitrogens with one attached hydrogen (secondary N) is 2. The monoisotopic (exact) mass is 445 g/mol. The van der Waals surface area contributed by atoms with Gasteiger partial charge in [0.1, 0.15) is 5.82 Å². The van der Waals surface area contributed by atoms with E-state index in [1.165, 1.54) is 0 Å². The third-order valence-corrected chi connectivity index (χ3v) is 5.66. The van der Waals surface area contributed by atoms with Crippen molar-refractivity contribution in [2.75, 3.05) is 32.7 Å². The van der Waals surface area contributed by atoms with Crippen molar-refractivity contribution in [3.8, 4) is 0 Å². The van der Waals surface area contributed by atoms with Crippen LogP contribution in [0.1, 0.15) is 44.3 Å². The molecule has 11 nitrogen and oxygen atoms in total. The average molecular weight is 446 g/mol. The van der Waals surface area contributed by atoms with Crippen molar-refractivity contribution in [2.24, 2.45) is 4.99 Å². The summed E-state index contributed by atoms with van der Waals surface area (Å²) in [6, 6.07) is 1.66. The molecule has 1 aromatic rings. The predicted octanol–water partition coefficient (Wildman–Crippen LogP) is 0.762. The SMILES string of the molecule is Cc1ncccn1.O=C(O)CCN1CCN(CCCC(=O)NC2=NCCC3(CC3)N2)C1=O. The van der Waals surface area contributed by atoms with Crippen LogP contribution in [0.2, 0.25) is 0 Å². The standard InChI is InChI=1S/C16H25N5O4.C5H6N2/c22-12(18-14-17-7-6-16(19-14)4-5-16)2-1-8-20-10-11-21(15(20)25)9-3-13(23)24;1-5-6-3-2-4-7-5/h1-11H2,(H,23,24)(H2,17,18,19,22);2-4H,1H3. The Balaban J connectivity index is 0.000000352. The minimum atomic E-state index is -0.907. The Bertz CT molecular complexity index is 842. The summed E-state index contributed by atoms with van der Waals surface area (Å²) in [5.74, 6) is 0.391. The van der Waals surface area contributed by atoms with Gasteiger partial charge in [0.15, 0.2) is 5.96 Å². The second kappa shape index (κ2) is 10.9. The van der Waals surface area contributed by atoms with E-state index in [1.54, 1.807) is 28.3 Å². The number of aliphatic carboxylic acids is 1. The molecular weight excluding hydrogens is 414 g/mol. The summed E-state index contributed by atoms with van der Waals surface area (Å²) < 4.78 is 0. The minimum absolute atomic E-state index is 0.0431. The second-order valence-corrected chi connectivity index (χ2v) is 8.23. The number of carboxylic acids is 1. The van der Waals surface area contributed by atoms with Crippen molar-refractivity contribution in [1.29, 1.82) is 0 Å². The van der Waals surface area contributed by atoms with E-state index in [9.17, 15) is 14.4 Å². The lowest BCUT2D eigenvalue weighted by molar-refractivity contribution is -0.137. The van der Waals surface area contributed by atoms with Crippen molar-refractivity contribution < 1.29 is 19.5 Å². The van der Waals surface area contributed by atoms with Gasteiger partial charge in [-0.15, -0.1) is 0 Å². The summed E-state index contributed by atoms with van der Waals surface area (Å²) in [7, 11) is 0. The smallest absolute Gasteiger partial charge is 0.320 e. The van der Waals surface area contributed by atoms with Crippen LogP contribution in [0.25, 0.3) is 0 Å². The number of hydrogen-bond acceptors (Lipinski definition) is 7. The van der Waals surface area contributed by atoms with Gasteiger partial charge >= 0.3 is 12.0 Å². The molecule has 3 N–H and O–H groups in total. The van der Waals surface area contributed by atoms with Crippen LogP contribution in [0.3, 0.4) is 0 Å². The number of carboxylic acid groups (broad SMARTS) is 1. The highest BCUT2D eigenvalue weighted by atomic mass is 16.4. The van der Waals surface area contributed by atoms with E-state index in [-0.39, 0.29) is 30.4 Å². The summed E-state index contributed by atoms with van der Waals surface area (Å²) in [5.41, 5.74) is 0.172. The van der Waals surface area contributed by atoms with Crippen molar-refractivity contribution in [3.63, 3.8) is 0 Å². The Morgan fingerprint density at radius 1 is 1.12 bits per heavy atom. The topological polar surface area (TPSA) is 140 Å². The summed E-state index contributed by atoms with van der Waals surface area (Å²) >= 11 is 0. The summed E-state index contributed by atoms with van der Waals surface area (Å²) in [6.45, 7) is 4.47. The highest BCUT2D eigenvalue weighted by Gasteiger charge is 2.44. The lowest BCUT2D eigenvalue weighted by Gasteiger charge is -2.24. The molecule has 0 aromatic carbocycles. The molecule has 0 radical (unpaired) electrons. The molecule has 3 aliphatic rings. The zero-order valence-corrected chi connectivity index (χ0v) is 18.4. The molecule has 0 bridgehead atoms. The molecule has 32 heavy (non-hydrogen) atoms. The molecule has 1 spiro atoms. The Morgan fingerprint density at radius 2 is 1.81 bits per heavy atom. The van der Waals surface area contributed by atoms with Gasteiger partial charge < -0.3 is 20.2 Å². The first kappa shape index (κ1) is 23.4. The molecule has 11 heteroatoms. The quantitative estimate of drug-likeness (QED) is 0.563. The fourth-order valence-corrected chi connectivity index (χ4v) is 3.61. The second-order valence-electron chi connectivity index (χ2n) is 8.23. The molecule has 1 aliphatic carbocycles. The van der Waals surface area contributed by atoms with Crippen LogP contribution in [0.15, 0.2) is 23.5 Å². The van der Waals surface area contributed by atoms with E-state index in [2.05, 4.69) is 25.6 Å². The summed E-state index contributed by atoms with van der Waals surface area (Å²) in [4.78, 5) is 50.0. The fraction of sp³-hybridized carbons (Fsp3) is 0.619. The molecular formula is C21H31N7O4. The molecule has 3 amide bonds. The van der Waals surface area contributed by atoms with Gasteiger partial charge in [0.05, 0.1) is 6.42 Å². The van der Waals surface area contributed by atoms with Crippen LogP contribution in [-0.4, -0.2) is 87.0 Å². The van der Waals surface area contributed by atoms with Crippen molar-refractivity contribution >= 4 is 23.9 Å². The van der Waals surface area contributed by atoms with Crippen molar-refractivity contribution in [3.05, 3.63) is 24.3 Å². The Hall–Kier alpha value is -3.24. The molecule has 4 rings (SSSR count). The van der Waals surface area contributed by atoms with Gasteiger partial charge in [0.25, 0.3) is 0 Å². The predicted molar refractivity (Wildman–Crippen MR) is 117 cm³/mol. The largest absolute Gasteiger partial charge is 0.481 e. The Kier molecular flexibility index (Phi) is 7.96. The first-order chi connectivity index (χ1) is 15.4. The molecule has 0 atom stereocenters. The molecule has 1 saturated carbocycles. The lowest BCUT2D eigenvalue weighted by Crippen LogP contribution is -2.50. The van der Waals surface area contributed by atoms with Crippen molar-refractivity contribution in [2.45, 2.75) is 51.0 Å². The maximum absolute atomic E-state index is 12.1. The Labute approximate surface area is 187 Å². The minimum Gasteiger partial charge on any atom is -0.481 e. The van der Waals surface area contributed by atoms with Gasteiger partial charge in [0, 0.05) is 57.1 Å². The number of rotatable bonds is 7. The number of aliphatic imine (C=N–C) groups is 1. The van der Waals surface area contributed by atoms with Crippen LogP contribution in [-0.2, 0) is 9.59 Å². The number of aromatic nitrogens is 2. The van der Waals surface area contributed by atoms with Gasteiger partial charge in [0.2, 0.25) is 5.91 Å². The Morgan fingerprint density at radius 3 is 2.41 bits per heavy atom. The maximum Gasteiger partial charge on any atom is 0.320 e. The van der Waals surface area contributed by atoms with Crippen LogP contribution < -0.4 is 10.6 Å². The van der Waals surface area contributed by atoms with Gasteiger partial charge in [-0.3, -0.25) is 19.9 Å². The van der Waals surface area contributed by atoms with Gasteiger partial charge in [-0.1, -0.05) is 0 Å². The number of guanidine groups is 1. The van der Waals surface area contributed by atoms with Crippen LogP contribution in [0.4, 0.5) is 4.79 Å². The van der Waals surface area contributed by atoms with E-state index in [4.69, 9.17) is 5.11 Å². The molecule has 1 aromatic heterocycles. The first-order valence-electron chi connectivity index (χ1n) is 11.0. The normalized spacial score (nSPS) is 18.4. The van der Waals surface area contributed by atoms with E-state index in [0.717, 1.165) is 31.6 Å². The molecule has 0 unspecified atom stereocenters. The van der Waals surface area contributed by atoms with Gasteiger partial charge in [-0.25, -0.2) is 14.8 Å². The number of urea groups is 1. The maximum atomic E-state index is 12.1. The molecule has 2 fully saturated rings. The third kappa shape index (κ3) is 7.17. The van der Waals surface area contributed by atoms with E-state index in [0.29, 0.717) is 38.4 Å². The van der Waals surface area contributed by atoms with E-state index >= 15 is 0 Å². The molecule has 174 valence electrons. The lowest BCUT2D eigenvalue weighted by atomic mass is 10.1. The van der Waals surface area contributed by atoms with Gasteiger partial charge in [-0.05, 0) is 38.7 Å². The summed E-state index contributed by atoms with van der Waals surface area (Å²) in [5, 5.41) is 14.8. The number of carbonyl (C=O) groups excluding carboxylic acids is 2. The number of carbonyl (C=O) groups is 3. The highest BCUT2D eigenvalue weighted by Crippen LogP contribution is 2.39. The molecule has 1 saturated heterocycles. The van der Waals surface area contributed by atoms with Crippen molar-refractivity contribution in [1.82, 2.24) is 30.4 Å². The fourth-order valence-electron chi connectivity index (χ4n) is 3.61. The van der Waals surface area contributed by atoms with Crippen LogP contribution >= 0.6 is 0 Å². The zero-order valence-electron chi connectivity index (χ0n) is 18.4. The number of hydrogen-bond donors (Lipinski definition) is 3. The third-order valence-electron chi connectivity index (χ3n) is 5.66. The van der Waals surface area contributed by atoms with Crippen LogP contribution in [0.5, 0.6) is 0 Å². The number of aryl methyl sites for hydroxylation is 1. The zero-order chi connectivity index (χ0) is 23.0. The van der Waals surface area contributed by atoms with Gasteiger partial charge in [-0.2, -0.15) is 0 Å². The van der Waals surface area contributed by atoms with E-state index in [1.807, 2.05) is 6.92 Å².